The molecule has 1 aliphatic rings. The molecule has 28 heavy (non-hydrogen) atoms. The highest BCUT2D eigenvalue weighted by Gasteiger charge is 2.28. The molecule has 5 heteroatoms. The highest BCUT2D eigenvalue weighted by molar-refractivity contribution is 5.79. The number of hydrogen-bond donors (Lipinski definition) is 1. The van der Waals surface area contributed by atoms with Gasteiger partial charge in [-0.1, -0.05) is 60.4 Å². The van der Waals surface area contributed by atoms with Crippen LogP contribution in [-0.4, -0.2) is 29.2 Å². The molecular weight excluding hydrogens is 350 g/mol. The maximum absolute atomic E-state index is 12.1. The molecule has 0 saturated carbocycles. The molecule has 0 aliphatic heterocycles. The number of hydrogen-bond acceptors (Lipinski definition) is 4. The van der Waals surface area contributed by atoms with Crippen LogP contribution in [0.2, 0.25) is 0 Å². The van der Waals surface area contributed by atoms with E-state index >= 15 is 0 Å². The molecule has 3 aromatic rings. The number of fused-ring (bicyclic) bond motifs is 3. The van der Waals surface area contributed by atoms with Crippen molar-refractivity contribution in [1.82, 2.24) is 15.3 Å². The Morgan fingerprint density at radius 2 is 1.64 bits per heavy atom. The second-order valence-electron chi connectivity index (χ2n) is 6.43. The predicted octanol–water partition coefficient (Wildman–Crippen LogP) is 3.76. The van der Waals surface area contributed by atoms with Crippen molar-refractivity contribution in [3.8, 4) is 23.0 Å². The number of ether oxygens (including phenoxy) is 1. The third kappa shape index (κ3) is 3.86. The topological polar surface area (TPSA) is 64.1 Å². The van der Waals surface area contributed by atoms with E-state index < -0.39 is 6.09 Å². The number of carbonyl (C=O) groups is 1. The average Bonchev–Trinajstić information content (AvgIpc) is 3.07. The SMILES string of the molecule is O=C(NCCC#Cc1cncnc1)OCC1c2ccccc2-c2ccccc21. The molecule has 1 amide bonds. The van der Waals surface area contributed by atoms with Crippen LogP contribution in [0, 0.1) is 11.8 Å². The molecule has 0 saturated heterocycles. The number of benzene rings is 2. The van der Waals surface area contributed by atoms with E-state index in [1.165, 1.54) is 28.6 Å². The molecule has 5 nitrogen and oxygen atoms in total. The monoisotopic (exact) mass is 369 g/mol. The second-order valence-corrected chi connectivity index (χ2v) is 6.43. The van der Waals surface area contributed by atoms with Crippen molar-refractivity contribution in [2.45, 2.75) is 12.3 Å². The van der Waals surface area contributed by atoms with Crippen molar-refractivity contribution in [2.75, 3.05) is 13.2 Å². The number of amides is 1. The summed E-state index contributed by atoms with van der Waals surface area (Å²) in [7, 11) is 0. The molecule has 0 atom stereocenters. The van der Waals surface area contributed by atoms with Crippen LogP contribution in [0.5, 0.6) is 0 Å². The Morgan fingerprint density at radius 3 is 2.32 bits per heavy atom. The minimum absolute atomic E-state index is 0.0658. The Morgan fingerprint density at radius 1 is 1.00 bits per heavy atom. The minimum atomic E-state index is -0.424. The Kier molecular flexibility index (Phi) is 5.30. The lowest BCUT2D eigenvalue weighted by Crippen LogP contribution is -2.26. The van der Waals surface area contributed by atoms with Crippen LogP contribution < -0.4 is 5.32 Å². The molecule has 4 rings (SSSR count). The molecule has 0 fully saturated rings. The summed E-state index contributed by atoms with van der Waals surface area (Å²) >= 11 is 0. The molecule has 0 unspecified atom stereocenters. The third-order valence-corrected chi connectivity index (χ3v) is 4.66. The quantitative estimate of drug-likeness (QED) is 0.562. The zero-order chi connectivity index (χ0) is 19.2. The summed E-state index contributed by atoms with van der Waals surface area (Å²) in [4.78, 5) is 19.9. The normalized spacial score (nSPS) is 11.7. The molecule has 0 spiro atoms. The van der Waals surface area contributed by atoms with E-state index in [0.29, 0.717) is 19.6 Å². The maximum Gasteiger partial charge on any atom is 0.407 e. The molecule has 138 valence electrons. The fourth-order valence-corrected chi connectivity index (χ4v) is 3.40. The van der Waals surface area contributed by atoms with Crippen molar-refractivity contribution < 1.29 is 9.53 Å². The first kappa shape index (κ1) is 17.7. The van der Waals surface area contributed by atoms with Crippen LogP contribution in [0.25, 0.3) is 11.1 Å². The minimum Gasteiger partial charge on any atom is -0.449 e. The Labute approximate surface area is 163 Å². The number of nitrogens with one attached hydrogen (secondary N) is 1. The van der Waals surface area contributed by atoms with E-state index in [4.69, 9.17) is 4.74 Å². The summed E-state index contributed by atoms with van der Waals surface area (Å²) < 4.78 is 5.49. The Bertz CT molecular complexity index is 993. The summed E-state index contributed by atoms with van der Waals surface area (Å²) in [5.74, 6) is 6.00. The summed E-state index contributed by atoms with van der Waals surface area (Å²) in [6.07, 6.45) is 4.87. The summed E-state index contributed by atoms with van der Waals surface area (Å²) in [5.41, 5.74) is 5.59. The lowest BCUT2D eigenvalue weighted by atomic mass is 9.98. The number of aromatic nitrogens is 2. The fraction of sp³-hybridized carbons (Fsp3) is 0.174. The van der Waals surface area contributed by atoms with E-state index in [1.807, 2.05) is 24.3 Å². The van der Waals surface area contributed by atoms with Gasteiger partial charge in [0.1, 0.15) is 12.9 Å². The molecule has 1 N–H and O–H groups in total. The zero-order valence-corrected chi connectivity index (χ0v) is 15.3. The van der Waals surface area contributed by atoms with E-state index in [0.717, 1.165) is 5.56 Å². The number of alkyl carbamates (subject to hydrolysis) is 1. The van der Waals surface area contributed by atoms with Gasteiger partial charge in [-0.05, 0) is 22.3 Å². The highest BCUT2D eigenvalue weighted by atomic mass is 16.5. The van der Waals surface area contributed by atoms with Gasteiger partial charge in [-0.25, -0.2) is 14.8 Å². The molecule has 1 aliphatic carbocycles. The van der Waals surface area contributed by atoms with Gasteiger partial charge in [0, 0.05) is 31.3 Å². The Balaban J connectivity index is 1.30. The van der Waals surface area contributed by atoms with Crippen LogP contribution in [-0.2, 0) is 4.74 Å². The van der Waals surface area contributed by atoms with Gasteiger partial charge in [0.25, 0.3) is 0 Å². The van der Waals surface area contributed by atoms with Crippen LogP contribution in [0.4, 0.5) is 4.79 Å². The van der Waals surface area contributed by atoms with Gasteiger partial charge < -0.3 is 10.1 Å². The van der Waals surface area contributed by atoms with Crippen molar-refractivity contribution in [3.05, 3.63) is 83.9 Å². The van der Waals surface area contributed by atoms with Crippen molar-refractivity contribution >= 4 is 6.09 Å². The van der Waals surface area contributed by atoms with Gasteiger partial charge >= 0.3 is 6.09 Å². The van der Waals surface area contributed by atoms with E-state index in [2.05, 4.69) is 51.4 Å². The molecule has 0 bridgehead atoms. The largest absolute Gasteiger partial charge is 0.449 e. The van der Waals surface area contributed by atoms with Crippen LogP contribution >= 0.6 is 0 Å². The first-order chi connectivity index (χ1) is 13.8. The van der Waals surface area contributed by atoms with E-state index in [1.54, 1.807) is 12.4 Å². The maximum atomic E-state index is 12.1. The van der Waals surface area contributed by atoms with Gasteiger partial charge in [0.05, 0.1) is 5.56 Å². The summed E-state index contributed by atoms with van der Waals surface area (Å²) in [6.45, 7) is 0.740. The first-order valence-electron chi connectivity index (χ1n) is 9.15. The van der Waals surface area contributed by atoms with Gasteiger partial charge in [0.15, 0.2) is 0 Å². The van der Waals surface area contributed by atoms with Crippen molar-refractivity contribution in [2.24, 2.45) is 0 Å². The number of carbonyl (C=O) groups excluding carboxylic acids is 1. The standard InChI is InChI=1S/C23H19N3O2/c27-23(26-12-6-5-7-17-13-24-16-25-14-17)28-15-22-20-10-3-1-8-18(20)19-9-2-4-11-21(19)22/h1-4,8-11,13-14,16,22H,6,12,15H2,(H,26,27). The first-order valence-corrected chi connectivity index (χ1v) is 9.15. The number of nitrogens with zero attached hydrogens (tertiary/aromatic N) is 2. The van der Waals surface area contributed by atoms with Crippen LogP contribution in [0.15, 0.2) is 67.3 Å². The van der Waals surface area contributed by atoms with Gasteiger partial charge in [-0.3, -0.25) is 0 Å². The van der Waals surface area contributed by atoms with Gasteiger partial charge in [0.2, 0.25) is 0 Å². The van der Waals surface area contributed by atoms with Gasteiger partial charge in [-0.15, -0.1) is 0 Å². The van der Waals surface area contributed by atoms with Crippen molar-refractivity contribution in [1.29, 1.82) is 0 Å². The molecule has 1 aromatic heterocycles. The van der Waals surface area contributed by atoms with E-state index in [9.17, 15) is 4.79 Å². The lowest BCUT2D eigenvalue weighted by molar-refractivity contribution is 0.143. The lowest BCUT2D eigenvalue weighted by Gasteiger charge is -2.14. The molecule has 2 aromatic carbocycles. The number of rotatable bonds is 4. The molecule has 0 radical (unpaired) electrons. The second kappa shape index (κ2) is 8.36. The fourth-order valence-electron chi connectivity index (χ4n) is 3.40. The van der Waals surface area contributed by atoms with Gasteiger partial charge in [-0.2, -0.15) is 0 Å². The molecular formula is C23H19N3O2. The average molecular weight is 369 g/mol. The van der Waals surface area contributed by atoms with Crippen LogP contribution in [0.1, 0.15) is 29.0 Å². The Hall–Kier alpha value is -3.65. The zero-order valence-electron chi connectivity index (χ0n) is 15.3. The predicted molar refractivity (Wildman–Crippen MR) is 107 cm³/mol. The third-order valence-electron chi connectivity index (χ3n) is 4.66. The smallest absolute Gasteiger partial charge is 0.407 e. The van der Waals surface area contributed by atoms with Crippen molar-refractivity contribution in [3.63, 3.8) is 0 Å². The highest BCUT2D eigenvalue weighted by Crippen LogP contribution is 2.44. The van der Waals surface area contributed by atoms with E-state index in [-0.39, 0.29) is 5.92 Å². The summed E-state index contributed by atoms with van der Waals surface area (Å²) in [5, 5.41) is 2.75. The van der Waals surface area contributed by atoms with Crippen LogP contribution in [0.3, 0.4) is 0 Å². The summed E-state index contributed by atoms with van der Waals surface area (Å²) in [6, 6.07) is 16.6. The molecule has 1 heterocycles.